The van der Waals surface area contributed by atoms with Crippen molar-refractivity contribution in [1.82, 2.24) is 0 Å². The van der Waals surface area contributed by atoms with Crippen molar-refractivity contribution in [3.05, 3.63) is 24.3 Å². The fourth-order valence-electron chi connectivity index (χ4n) is 0.768. The Morgan fingerprint density at radius 2 is 2.00 bits per heavy atom. The summed E-state index contributed by atoms with van der Waals surface area (Å²) in [5.41, 5.74) is 0. The Bertz CT molecular complexity index is 140. The molecule has 1 rings (SSSR count). The molecule has 1 aliphatic carbocycles. The molecule has 2 heteroatoms. The summed E-state index contributed by atoms with van der Waals surface area (Å²) < 4.78 is 0. The second kappa shape index (κ2) is 3.33. The van der Waals surface area contributed by atoms with E-state index in [2.05, 4.69) is 12.3 Å². The van der Waals surface area contributed by atoms with Gasteiger partial charge in [-0.25, -0.2) is 0 Å². The molecule has 0 heterocycles. The molecule has 0 radical (unpaired) electrons. The van der Waals surface area contributed by atoms with E-state index in [9.17, 15) is 0 Å². The topological polar surface area (TPSA) is 0 Å². The van der Waals surface area contributed by atoms with E-state index in [1.54, 1.807) is 11.8 Å². The number of hydrogen-bond donors (Lipinski definition) is 0. The molecule has 0 fully saturated rings. The van der Waals surface area contributed by atoms with Gasteiger partial charge in [0.1, 0.15) is 0 Å². The van der Waals surface area contributed by atoms with Crippen molar-refractivity contribution in [2.45, 2.75) is 10.6 Å². The van der Waals surface area contributed by atoms with Crippen LogP contribution in [-0.2, 0) is 0 Å². The second-order valence-electron chi connectivity index (χ2n) is 1.91. The van der Waals surface area contributed by atoms with Gasteiger partial charge in [-0.05, 0) is 6.26 Å². The molecule has 50 valence electrons. The summed E-state index contributed by atoms with van der Waals surface area (Å²) in [5, 5.41) is 0.654. The van der Waals surface area contributed by atoms with Gasteiger partial charge in [-0.2, -0.15) is 11.8 Å². The van der Waals surface area contributed by atoms with Crippen LogP contribution in [0.2, 0.25) is 0 Å². The highest BCUT2D eigenvalue weighted by Gasteiger charge is 2.13. The van der Waals surface area contributed by atoms with E-state index in [0.717, 1.165) is 0 Å². The lowest BCUT2D eigenvalue weighted by Gasteiger charge is -2.14. The minimum Gasteiger partial charge on any atom is -0.156 e. The minimum atomic E-state index is 0.185. The molecule has 0 spiro atoms. The smallest absolute Gasteiger partial charge is 0.0672 e. The first kappa shape index (κ1) is 7.23. The maximum atomic E-state index is 5.92. The molecule has 0 aromatic rings. The first-order chi connectivity index (χ1) is 4.34. The summed E-state index contributed by atoms with van der Waals surface area (Å²) in [7, 11) is 0. The maximum Gasteiger partial charge on any atom is 0.0672 e. The van der Waals surface area contributed by atoms with E-state index < -0.39 is 0 Å². The average molecular weight is 161 g/mol. The van der Waals surface area contributed by atoms with Crippen LogP contribution < -0.4 is 0 Å². The number of allylic oxidation sites excluding steroid dienone is 3. The van der Waals surface area contributed by atoms with Crippen LogP contribution in [0.25, 0.3) is 0 Å². The zero-order chi connectivity index (χ0) is 6.69. The normalized spacial score (nSPS) is 33.1. The highest BCUT2D eigenvalue weighted by atomic mass is 35.5. The van der Waals surface area contributed by atoms with Crippen LogP contribution in [0.5, 0.6) is 0 Å². The number of halogens is 1. The standard InChI is InChI=1S/C7H9ClS/c1-9-7-5-3-2-4-6(7)8/h2-7H,1H3. The Balaban J connectivity index is 2.55. The summed E-state index contributed by atoms with van der Waals surface area (Å²) in [4.78, 5) is 0. The monoisotopic (exact) mass is 160 g/mol. The van der Waals surface area contributed by atoms with Gasteiger partial charge < -0.3 is 0 Å². The van der Waals surface area contributed by atoms with E-state index in [0.29, 0.717) is 5.25 Å². The SMILES string of the molecule is CSC1C=CC=CC1Cl. The van der Waals surface area contributed by atoms with Gasteiger partial charge in [0.15, 0.2) is 0 Å². The molecular weight excluding hydrogens is 152 g/mol. The van der Waals surface area contributed by atoms with Crippen LogP contribution in [0.3, 0.4) is 0 Å². The predicted molar refractivity (Wildman–Crippen MR) is 45.2 cm³/mol. The molecule has 9 heavy (non-hydrogen) atoms. The molecule has 2 unspecified atom stereocenters. The number of hydrogen-bond acceptors (Lipinski definition) is 1. The van der Waals surface area contributed by atoms with E-state index >= 15 is 0 Å². The summed E-state index contributed by atoms with van der Waals surface area (Å²) in [5.74, 6) is 0. The van der Waals surface area contributed by atoms with E-state index in [1.165, 1.54) is 0 Å². The molecule has 0 aliphatic heterocycles. The highest BCUT2D eigenvalue weighted by Crippen LogP contribution is 2.21. The summed E-state index contributed by atoms with van der Waals surface area (Å²) in [6.07, 6.45) is 10.2. The second-order valence-corrected chi connectivity index (χ2v) is 3.43. The molecule has 0 bridgehead atoms. The third-order valence-electron chi connectivity index (χ3n) is 1.29. The number of rotatable bonds is 1. The highest BCUT2D eigenvalue weighted by molar-refractivity contribution is 7.99. The van der Waals surface area contributed by atoms with Crippen LogP contribution in [0.1, 0.15) is 0 Å². The van der Waals surface area contributed by atoms with Crippen molar-refractivity contribution >= 4 is 23.4 Å². The molecule has 1 aliphatic rings. The van der Waals surface area contributed by atoms with Crippen molar-refractivity contribution in [3.8, 4) is 0 Å². The fraction of sp³-hybridized carbons (Fsp3) is 0.429. The largest absolute Gasteiger partial charge is 0.156 e. The molecule has 0 nitrogen and oxygen atoms in total. The van der Waals surface area contributed by atoms with Crippen LogP contribution in [0.4, 0.5) is 0 Å². The summed E-state index contributed by atoms with van der Waals surface area (Å²) in [6.45, 7) is 0. The first-order valence-corrected chi connectivity index (χ1v) is 4.59. The molecule has 0 aromatic carbocycles. The zero-order valence-corrected chi connectivity index (χ0v) is 6.82. The van der Waals surface area contributed by atoms with Gasteiger partial charge in [0, 0.05) is 5.25 Å². The van der Waals surface area contributed by atoms with Crippen molar-refractivity contribution in [2.24, 2.45) is 0 Å². The van der Waals surface area contributed by atoms with Gasteiger partial charge in [0.2, 0.25) is 0 Å². The van der Waals surface area contributed by atoms with Gasteiger partial charge in [-0.1, -0.05) is 24.3 Å². The third-order valence-corrected chi connectivity index (χ3v) is 2.85. The average Bonchev–Trinajstić information content (AvgIpc) is 1.89. The number of alkyl halides is 1. The molecule has 0 aromatic heterocycles. The van der Waals surface area contributed by atoms with Gasteiger partial charge in [0.05, 0.1) is 5.38 Å². The maximum absolute atomic E-state index is 5.92. The lowest BCUT2D eigenvalue weighted by molar-refractivity contribution is 1.07. The summed E-state index contributed by atoms with van der Waals surface area (Å²) >= 11 is 7.71. The van der Waals surface area contributed by atoms with Gasteiger partial charge in [-0.15, -0.1) is 11.6 Å². The first-order valence-electron chi connectivity index (χ1n) is 2.86. The predicted octanol–water partition coefficient (Wildman–Crippen LogP) is 2.45. The van der Waals surface area contributed by atoms with Crippen LogP contribution in [0.15, 0.2) is 24.3 Å². The lowest BCUT2D eigenvalue weighted by Crippen LogP contribution is -2.13. The zero-order valence-electron chi connectivity index (χ0n) is 5.25. The van der Waals surface area contributed by atoms with Crippen LogP contribution in [-0.4, -0.2) is 16.9 Å². The van der Waals surface area contributed by atoms with Crippen molar-refractivity contribution in [1.29, 1.82) is 0 Å². The van der Waals surface area contributed by atoms with Gasteiger partial charge >= 0.3 is 0 Å². The van der Waals surface area contributed by atoms with E-state index in [4.69, 9.17) is 11.6 Å². The van der Waals surface area contributed by atoms with Crippen LogP contribution >= 0.6 is 23.4 Å². The van der Waals surface area contributed by atoms with Crippen molar-refractivity contribution < 1.29 is 0 Å². The Hall–Kier alpha value is 0.120. The van der Waals surface area contributed by atoms with E-state index in [1.807, 2.05) is 18.2 Å². The Labute approximate surface area is 65.0 Å². The molecule has 2 atom stereocenters. The third kappa shape index (κ3) is 1.77. The molecular formula is C7H9ClS. The Kier molecular flexibility index (Phi) is 2.67. The molecule has 0 saturated carbocycles. The molecule has 0 N–H and O–H groups in total. The lowest BCUT2D eigenvalue weighted by atomic mass is 10.2. The molecule has 0 saturated heterocycles. The van der Waals surface area contributed by atoms with Crippen molar-refractivity contribution in [2.75, 3.05) is 6.26 Å². The Morgan fingerprint density at radius 1 is 1.33 bits per heavy atom. The van der Waals surface area contributed by atoms with Gasteiger partial charge in [-0.3, -0.25) is 0 Å². The van der Waals surface area contributed by atoms with Crippen LogP contribution in [0, 0.1) is 0 Å². The minimum absolute atomic E-state index is 0.185. The van der Waals surface area contributed by atoms with E-state index in [-0.39, 0.29) is 5.38 Å². The Morgan fingerprint density at radius 3 is 2.44 bits per heavy atom. The number of thioether (sulfide) groups is 1. The quantitative estimate of drug-likeness (QED) is 0.531. The van der Waals surface area contributed by atoms with Crippen molar-refractivity contribution in [3.63, 3.8) is 0 Å². The van der Waals surface area contributed by atoms with Gasteiger partial charge in [0.25, 0.3) is 0 Å². The fourth-order valence-corrected chi connectivity index (χ4v) is 1.84. The summed E-state index contributed by atoms with van der Waals surface area (Å²) in [6, 6.07) is 0. The molecule has 0 amide bonds.